The van der Waals surface area contributed by atoms with Crippen LogP contribution in [0.5, 0.6) is 0 Å². The van der Waals surface area contributed by atoms with Crippen molar-refractivity contribution in [2.45, 2.75) is 24.4 Å². The molecule has 8 heteroatoms. The first-order valence-electron chi connectivity index (χ1n) is 4.60. The summed E-state index contributed by atoms with van der Waals surface area (Å²) < 4.78 is 0. The molecule has 0 aromatic rings. The molecule has 0 heterocycles. The van der Waals surface area contributed by atoms with Crippen molar-refractivity contribution in [1.82, 2.24) is 0 Å². The van der Waals surface area contributed by atoms with E-state index in [0.717, 1.165) is 0 Å². The summed E-state index contributed by atoms with van der Waals surface area (Å²) in [5.74, 6) is 0. The Labute approximate surface area is 92.7 Å². The van der Waals surface area contributed by atoms with Crippen LogP contribution < -0.4 is 0 Å². The average molecular weight is 244 g/mol. The molecule has 0 saturated heterocycles. The Kier molecular flexibility index (Phi) is 12.6. The Balaban J connectivity index is 0. The van der Waals surface area contributed by atoms with Gasteiger partial charge in [0, 0.05) is 0 Å². The fraction of sp³-hybridized carbons (Fsp3) is 1.00. The van der Waals surface area contributed by atoms with E-state index >= 15 is 0 Å². The zero-order chi connectivity index (χ0) is 13.1. The number of aliphatic hydroxyl groups is 8. The van der Waals surface area contributed by atoms with Gasteiger partial charge in [0.15, 0.2) is 0 Å². The minimum Gasteiger partial charge on any atom is -0.394 e. The van der Waals surface area contributed by atoms with Gasteiger partial charge in [-0.05, 0) is 0 Å². The van der Waals surface area contributed by atoms with Gasteiger partial charge in [-0.1, -0.05) is 0 Å². The van der Waals surface area contributed by atoms with E-state index in [2.05, 4.69) is 0 Å². The number of aliphatic hydroxyl groups excluding tert-OH is 8. The molecule has 16 heavy (non-hydrogen) atoms. The third-order valence-electron chi connectivity index (χ3n) is 1.64. The first-order valence-corrected chi connectivity index (χ1v) is 4.60. The molecule has 0 aliphatic carbocycles. The van der Waals surface area contributed by atoms with Crippen molar-refractivity contribution in [3.63, 3.8) is 0 Å². The fourth-order valence-corrected chi connectivity index (χ4v) is 0.487. The van der Waals surface area contributed by atoms with E-state index in [4.69, 9.17) is 40.9 Å². The van der Waals surface area contributed by atoms with E-state index in [0.29, 0.717) is 0 Å². The lowest BCUT2D eigenvalue weighted by Gasteiger charge is -2.10. The van der Waals surface area contributed by atoms with Gasteiger partial charge in [-0.15, -0.1) is 0 Å². The lowest BCUT2D eigenvalue weighted by Crippen LogP contribution is -2.31. The summed E-state index contributed by atoms with van der Waals surface area (Å²) in [6, 6.07) is 0. The van der Waals surface area contributed by atoms with Gasteiger partial charge in [-0.2, -0.15) is 0 Å². The quantitative estimate of drug-likeness (QED) is 0.231. The lowest BCUT2D eigenvalue weighted by molar-refractivity contribution is -0.0388. The van der Waals surface area contributed by atoms with Gasteiger partial charge in [-0.3, -0.25) is 0 Å². The SMILES string of the molecule is OCC(O)C(O)CO.OCC(O)C(O)CO. The molecule has 100 valence electrons. The summed E-state index contributed by atoms with van der Waals surface area (Å²) in [5.41, 5.74) is 0. The molecular formula is C8H20O8. The van der Waals surface area contributed by atoms with Gasteiger partial charge in [0.1, 0.15) is 24.4 Å². The molecule has 0 aromatic heterocycles. The number of hydrogen-bond donors (Lipinski definition) is 8. The van der Waals surface area contributed by atoms with Crippen molar-refractivity contribution in [2.75, 3.05) is 26.4 Å². The second-order valence-electron chi connectivity index (χ2n) is 3.00. The Morgan fingerprint density at radius 1 is 0.438 bits per heavy atom. The second-order valence-corrected chi connectivity index (χ2v) is 3.00. The molecule has 0 aliphatic rings. The normalized spacial score (nSPS) is 18.0. The summed E-state index contributed by atoms with van der Waals surface area (Å²) in [6.07, 6.45) is -4.89. The summed E-state index contributed by atoms with van der Waals surface area (Å²) in [7, 11) is 0. The summed E-state index contributed by atoms with van der Waals surface area (Å²) in [6.45, 7) is -2.10. The Morgan fingerprint density at radius 3 is 0.625 bits per heavy atom. The molecule has 8 N–H and O–H groups in total. The maximum Gasteiger partial charge on any atom is 0.105 e. The molecule has 0 rings (SSSR count). The maximum absolute atomic E-state index is 8.47. The van der Waals surface area contributed by atoms with Gasteiger partial charge < -0.3 is 40.9 Å². The van der Waals surface area contributed by atoms with Crippen molar-refractivity contribution in [2.24, 2.45) is 0 Å². The first-order chi connectivity index (χ1) is 7.44. The molecule has 0 fully saturated rings. The highest BCUT2D eigenvalue weighted by atomic mass is 16.4. The molecular weight excluding hydrogens is 224 g/mol. The third-order valence-corrected chi connectivity index (χ3v) is 1.64. The molecule has 0 saturated carbocycles. The Hall–Kier alpha value is -0.320. The zero-order valence-electron chi connectivity index (χ0n) is 8.72. The average Bonchev–Trinajstić information content (AvgIpc) is 2.35. The monoisotopic (exact) mass is 244 g/mol. The predicted octanol–water partition coefficient (Wildman–Crippen LogP) is -4.61. The van der Waals surface area contributed by atoms with E-state index in [1.165, 1.54) is 0 Å². The molecule has 0 amide bonds. The standard InChI is InChI=1S/2C4H10O4/c2*5-1-3(7)4(8)2-6/h2*3-8H,1-2H2. The second kappa shape index (κ2) is 11.2. The maximum atomic E-state index is 8.47. The highest BCUT2D eigenvalue weighted by Gasteiger charge is 2.12. The van der Waals surface area contributed by atoms with Crippen LogP contribution in [-0.4, -0.2) is 91.7 Å². The van der Waals surface area contributed by atoms with Crippen molar-refractivity contribution < 1.29 is 40.9 Å². The van der Waals surface area contributed by atoms with Gasteiger partial charge in [0.2, 0.25) is 0 Å². The van der Waals surface area contributed by atoms with Crippen molar-refractivity contribution in [3.05, 3.63) is 0 Å². The molecule has 0 aromatic carbocycles. The highest BCUT2D eigenvalue weighted by molar-refractivity contribution is 4.63. The van der Waals surface area contributed by atoms with Crippen LogP contribution in [0.25, 0.3) is 0 Å². The summed E-state index contributed by atoms with van der Waals surface area (Å²) >= 11 is 0. The lowest BCUT2D eigenvalue weighted by atomic mass is 10.2. The topological polar surface area (TPSA) is 162 Å². The van der Waals surface area contributed by atoms with Crippen molar-refractivity contribution in [3.8, 4) is 0 Å². The summed E-state index contributed by atoms with van der Waals surface area (Å²) in [4.78, 5) is 0. The highest BCUT2D eigenvalue weighted by Crippen LogP contribution is 1.89. The van der Waals surface area contributed by atoms with Gasteiger partial charge in [0.05, 0.1) is 26.4 Å². The van der Waals surface area contributed by atoms with Crippen LogP contribution in [0.4, 0.5) is 0 Å². The van der Waals surface area contributed by atoms with Gasteiger partial charge >= 0.3 is 0 Å². The van der Waals surface area contributed by atoms with Gasteiger partial charge in [0.25, 0.3) is 0 Å². The molecule has 0 spiro atoms. The van der Waals surface area contributed by atoms with Crippen LogP contribution in [0, 0.1) is 0 Å². The molecule has 0 aliphatic heterocycles. The smallest absolute Gasteiger partial charge is 0.105 e. The van der Waals surface area contributed by atoms with E-state index in [9.17, 15) is 0 Å². The Morgan fingerprint density at radius 2 is 0.562 bits per heavy atom. The molecule has 0 bridgehead atoms. The van der Waals surface area contributed by atoms with Crippen LogP contribution in [0.1, 0.15) is 0 Å². The molecule has 0 radical (unpaired) electrons. The fourth-order valence-electron chi connectivity index (χ4n) is 0.487. The number of rotatable bonds is 6. The number of hydrogen-bond acceptors (Lipinski definition) is 8. The molecule has 4 unspecified atom stereocenters. The predicted molar refractivity (Wildman–Crippen MR) is 52.4 cm³/mol. The van der Waals surface area contributed by atoms with Crippen LogP contribution in [0.2, 0.25) is 0 Å². The Bertz CT molecular complexity index is 112. The largest absolute Gasteiger partial charge is 0.394 e. The van der Waals surface area contributed by atoms with Crippen LogP contribution >= 0.6 is 0 Å². The van der Waals surface area contributed by atoms with E-state index < -0.39 is 50.8 Å². The van der Waals surface area contributed by atoms with Crippen LogP contribution in [0.3, 0.4) is 0 Å². The minimum absolute atomic E-state index is 0.526. The van der Waals surface area contributed by atoms with E-state index in [1.807, 2.05) is 0 Å². The van der Waals surface area contributed by atoms with E-state index in [1.54, 1.807) is 0 Å². The first kappa shape index (κ1) is 18.1. The summed E-state index contributed by atoms with van der Waals surface area (Å²) in [5, 5.41) is 66.3. The minimum atomic E-state index is -1.22. The van der Waals surface area contributed by atoms with E-state index in [-0.39, 0.29) is 0 Å². The van der Waals surface area contributed by atoms with Crippen molar-refractivity contribution in [1.29, 1.82) is 0 Å². The van der Waals surface area contributed by atoms with Crippen molar-refractivity contribution >= 4 is 0 Å². The zero-order valence-corrected chi connectivity index (χ0v) is 8.72. The van der Waals surface area contributed by atoms with Gasteiger partial charge in [-0.25, -0.2) is 0 Å². The molecule has 8 nitrogen and oxygen atoms in total. The van der Waals surface area contributed by atoms with Crippen LogP contribution in [0.15, 0.2) is 0 Å². The third kappa shape index (κ3) is 8.95. The van der Waals surface area contributed by atoms with Crippen LogP contribution in [-0.2, 0) is 0 Å². The molecule has 4 atom stereocenters.